The minimum absolute atomic E-state index is 0.132. The topological polar surface area (TPSA) is 81.4 Å². The molecule has 6 nitrogen and oxygen atoms in total. The molecule has 0 radical (unpaired) electrons. The summed E-state index contributed by atoms with van der Waals surface area (Å²) in [4.78, 5) is 26.6. The summed E-state index contributed by atoms with van der Waals surface area (Å²) >= 11 is 0. The summed E-state index contributed by atoms with van der Waals surface area (Å²) in [5.74, 6) is -0.125. The smallest absolute Gasteiger partial charge is 0.360 e. The zero-order chi connectivity index (χ0) is 15.2. The summed E-state index contributed by atoms with van der Waals surface area (Å²) in [6, 6.07) is 7.06. The minimum Gasteiger partial charge on any atom is -0.456 e. The van der Waals surface area contributed by atoms with Crippen molar-refractivity contribution in [1.29, 1.82) is 0 Å². The van der Waals surface area contributed by atoms with Crippen LogP contribution in [-0.4, -0.2) is 16.9 Å². The van der Waals surface area contributed by atoms with Gasteiger partial charge in [-0.1, -0.05) is 19.1 Å². The van der Waals surface area contributed by atoms with Crippen molar-refractivity contribution >= 4 is 17.6 Å². The molecule has 1 N–H and O–H groups in total. The van der Waals surface area contributed by atoms with Gasteiger partial charge in [0.1, 0.15) is 12.4 Å². The third-order valence-corrected chi connectivity index (χ3v) is 2.80. The van der Waals surface area contributed by atoms with Crippen molar-refractivity contribution in [2.45, 2.75) is 26.9 Å². The number of rotatable bonds is 5. The number of hydrogen-bond donors (Lipinski definition) is 1. The van der Waals surface area contributed by atoms with Crippen molar-refractivity contribution < 1.29 is 18.7 Å². The summed E-state index contributed by atoms with van der Waals surface area (Å²) < 4.78 is 10.3. The van der Waals surface area contributed by atoms with Crippen molar-refractivity contribution in [2.75, 3.05) is 5.32 Å². The lowest BCUT2D eigenvalue weighted by molar-refractivity contribution is -0.114. The highest BCUT2D eigenvalue weighted by Crippen LogP contribution is 2.13. The molecule has 0 aliphatic rings. The normalized spacial score (nSPS) is 10.2. The maximum atomic E-state index is 11.9. The molecule has 21 heavy (non-hydrogen) atoms. The van der Waals surface area contributed by atoms with Crippen LogP contribution < -0.4 is 5.32 Å². The Bertz CT molecular complexity index is 631. The van der Waals surface area contributed by atoms with Gasteiger partial charge in [0.25, 0.3) is 0 Å². The van der Waals surface area contributed by atoms with Crippen LogP contribution in [0, 0.1) is 0 Å². The second-order valence-electron chi connectivity index (χ2n) is 4.43. The predicted molar refractivity (Wildman–Crippen MR) is 75.7 cm³/mol. The van der Waals surface area contributed by atoms with Crippen LogP contribution in [0.3, 0.4) is 0 Å². The third kappa shape index (κ3) is 3.92. The van der Waals surface area contributed by atoms with Gasteiger partial charge in [-0.15, -0.1) is 0 Å². The first-order valence-corrected chi connectivity index (χ1v) is 6.56. The van der Waals surface area contributed by atoms with Gasteiger partial charge < -0.3 is 14.5 Å². The number of amides is 1. The Hall–Kier alpha value is -2.63. The minimum atomic E-state index is -0.508. The van der Waals surface area contributed by atoms with E-state index in [1.54, 1.807) is 24.3 Å². The van der Waals surface area contributed by atoms with E-state index in [1.807, 2.05) is 6.92 Å². The molecule has 1 amide bonds. The van der Waals surface area contributed by atoms with E-state index in [9.17, 15) is 9.59 Å². The van der Waals surface area contributed by atoms with Gasteiger partial charge in [-0.3, -0.25) is 4.79 Å². The number of aromatic nitrogens is 1. The van der Waals surface area contributed by atoms with E-state index in [4.69, 9.17) is 9.15 Å². The molecule has 0 bridgehead atoms. The lowest BCUT2D eigenvalue weighted by Crippen LogP contribution is -2.08. The molecule has 0 saturated carbocycles. The average molecular weight is 288 g/mol. The summed E-state index contributed by atoms with van der Waals surface area (Å²) in [7, 11) is 0. The van der Waals surface area contributed by atoms with E-state index in [1.165, 1.54) is 13.3 Å². The Balaban J connectivity index is 1.93. The molecule has 6 heteroatoms. The molecule has 1 aromatic heterocycles. The van der Waals surface area contributed by atoms with E-state index in [-0.39, 0.29) is 18.2 Å². The van der Waals surface area contributed by atoms with Crippen LogP contribution in [0.5, 0.6) is 0 Å². The highest BCUT2D eigenvalue weighted by Gasteiger charge is 2.16. The van der Waals surface area contributed by atoms with E-state index < -0.39 is 5.97 Å². The molecule has 0 aliphatic carbocycles. The van der Waals surface area contributed by atoms with Gasteiger partial charge in [-0.2, -0.15) is 0 Å². The standard InChI is InChI=1S/C15H16N2O4/c1-3-13-14(16-9-21-13)15(19)20-8-11-4-6-12(7-5-11)17-10(2)18/h4-7,9H,3,8H2,1-2H3,(H,17,18). The number of nitrogens with one attached hydrogen (secondary N) is 1. The molecule has 2 aromatic rings. The quantitative estimate of drug-likeness (QED) is 0.855. The molecular weight excluding hydrogens is 272 g/mol. The first-order chi connectivity index (χ1) is 10.1. The molecule has 110 valence electrons. The zero-order valence-corrected chi connectivity index (χ0v) is 11.9. The van der Waals surface area contributed by atoms with Crippen molar-refractivity contribution in [3.63, 3.8) is 0 Å². The lowest BCUT2D eigenvalue weighted by Gasteiger charge is -2.06. The number of hydrogen-bond acceptors (Lipinski definition) is 5. The lowest BCUT2D eigenvalue weighted by atomic mass is 10.2. The van der Waals surface area contributed by atoms with Gasteiger partial charge in [-0.05, 0) is 17.7 Å². The van der Waals surface area contributed by atoms with E-state index in [2.05, 4.69) is 10.3 Å². The monoisotopic (exact) mass is 288 g/mol. The summed E-state index contributed by atoms with van der Waals surface area (Å²) in [5.41, 5.74) is 1.73. The first kappa shape index (κ1) is 14.8. The Morgan fingerprint density at radius 1 is 1.29 bits per heavy atom. The van der Waals surface area contributed by atoms with Crippen LogP contribution in [0.4, 0.5) is 5.69 Å². The Morgan fingerprint density at radius 2 is 2.00 bits per heavy atom. The number of nitrogens with zero attached hydrogens (tertiary/aromatic N) is 1. The van der Waals surface area contributed by atoms with Crippen LogP contribution in [0.25, 0.3) is 0 Å². The van der Waals surface area contributed by atoms with Gasteiger partial charge >= 0.3 is 5.97 Å². The van der Waals surface area contributed by atoms with Crippen LogP contribution in [0.1, 0.15) is 35.7 Å². The maximum Gasteiger partial charge on any atom is 0.360 e. The fourth-order valence-electron chi connectivity index (χ4n) is 1.79. The van der Waals surface area contributed by atoms with Crippen molar-refractivity contribution in [1.82, 2.24) is 4.98 Å². The van der Waals surface area contributed by atoms with Gasteiger partial charge in [0, 0.05) is 19.0 Å². The molecule has 0 aliphatic heterocycles. The number of carbonyl (C=O) groups is 2. The molecule has 0 atom stereocenters. The van der Waals surface area contributed by atoms with Gasteiger partial charge in [0.15, 0.2) is 12.1 Å². The van der Waals surface area contributed by atoms with Crippen molar-refractivity contribution in [3.05, 3.63) is 47.7 Å². The summed E-state index contributed by atoms with van der Waals surface area (Å²) in [6.07, 6.45) is 1.81. The van der Waals surface area contributed by atoms with E-state index in [0.717, 1.165) is 5.56 Å². The van der Waals surface area contributed by atoms with Gasteiger partial charge in [0.2, 0.25) is 5.91 Å². The molecular formula is C15H16N2O4. The number of ether oxygens (including phenoxy) is 1. The van der Waals surface area contributed by atoms with Crippen LogP contribution in [0.2, 0.25) is 0 Å². The third-order valence-electron chi connectivity index (χ3n) is 2.80. The zero-order valence-electron chi connectivity index (χ0n) is 11.9. The largest absolute Gasteiger partial charge is 0.456 e. The molecule has 1 aromatic carbocycles. The highest BCUT2D eigenvalue weighted by molar-refractivity contribution is 5.89. The van der Waals surface area contributed by atoms with Crippen LogP contribution in [-0.2, 0) is 22.6 Å². The second kappa shape index (κ2) is 6.69. The predicted octanol–water partition coefficient (Wildman–Crippen LogP) is 2.55. The number of carbonyl (C=O) groups excluding carboxylic acids is 2. The average Bonchev–Trinajstić information content (AvgIpc) is 2.94. The Morgan fingerprint density at radius 3 is 2.62 bits per heavy atom. The molecule has 0 spiro atoms. The van der Waals surface area contributed by atoms with E-state index >= 15 is 0 Å². The summed E-state index contributed by atoms with van der Waals surface area (Å²) in [6.45, 7) is 3.45. The number of aryl methyl sites for hydroxylation is 1. The van der Waals surface area contributed by atoms with Crippen molar-refractivity contribution in [3.8, 4) is 0 Å². The van der Waals surface area contributed by atoms with Gasteiger partial charge in [-0.25, -0.2) is 9.78 Å². The number of esters is 1. The Labute approximate surface area is 122 Å². The van der Waals surface area contributed by atoms with Gasteiger partial charge in [0.05, 0.1) is 0 Å². The first-order valence-electron chi connectivity index (χ1n) is 6.56. The fourth-order valence-corrected chi connectivity index (χ4v) is 1.79. The van der Waals surface area contributed by atoms with Crippen LogP contribution >= 0.6 is 0 Å². The second-order valence-corrected chi connectivity index (χ2v) is 4.43. The SMILES string of the molecule is CCc1ocnc1C(=O)OCc1ccc(NC(C)=O)cc1. The number of oxazole rings is 1. The van der Waals surface area contributed by atoms with Crippen molar-refractivity contribution in [2.24, 2.45) is 0 Å². The summed E-state index contributed by atoms with van der Waals surface area (Å²) in [5, 5.41) is 2.67. The number of benzene rings is 1. The molecule has 0 fully saturated rings. The number of anilines is 1. The fraction of sp³-hybridized carbons (Fsp3) is 0.267. The van der Waals surface area contributed by atoms with Crippen LogP contribution in [0.15, 0.2) is 35.1 Å². The molecule has 0 unspecified atom stereocenters. The molecule has 1 heterocycles. The Kier molecular flexibility index (Phi) is 4.71. The maximum absolute atomic E-state index is 11.9. The van der Waals surface area contributed by atoms with E-state index in [0.29, 0.717) is 17.9 Å². The molecule has 0 saturated heterocycles. The molecule has 2 rings (SSSR count). The highest BCUT2D eigenvalue weighted by atomic mass is 16.5.